The van der Waals surface area contributed by atoms with E-state index in [1.54, 1.807) is 0 Å². The number of amides is 1. The molecule has 0 spiro atoms. The highest BCUT2D eigenvalue weighted by Crippen LogP contribution is 2.23. The van der Waals surface area contributed by atoms with E-state index in [-0.39, 0.29) is 43.1 Å². The highest BCUT2D eigenvalue weighted by atomic mass is 35.5. The van der Waals surface area contributed by atoms with Crippen molar-refractivity contribution in [2.75, 3.05) is 50.6 Å². The predicted octanol–water partition coefficient (Wildman–Crippen LogP) is 2.32. The monoisotopic (exact) mass is 455 g/mol. The zero-order valence-corrected chi connectivity index (χ0v) is 18.9. The number of rotatable bonds is 4. The lowest BCUT2D eigenvalue weighted by molar-refractivity contribution is -0.124. The summed E-state index contributed by atoms with van der Waals surface area (Å²) in [6.45, 7) is 3.11. The van der Waals surface area contributed by atoms with E-state index < -0.39 is 5.54 Å². The summed E-state index contributed by atoms with van der Waals surface area (Å²) < 4.78 is 5.29. The molecule has 2 aliphatic heterocycles. The Morgan fingerprint density at radius 3 is 2.32 bits per heavy atom. The van der Waals surface area contributed by atoms with E-state index in [1.165, 1.54) is 0 Å². The number of anilines is 2. The Balaban J connectivity index is 0.00000243. The summed E-state index contributed by atoms with van der Waals surface area (Å²) in [6.07, 6.45) is 5.22. The number of carbonyl (C=O) groups excluding carboxylic acids is 1. The van der Waals surface area contributed by atoms with Crippen molar-refractivity contribution in [3.8, 4) is 0 Å². The second kappa shape index (κ2) is 12.0. The maximum Gasteiger partial charge on any atom is 0.245 e. The lowest BCUT2D eigenvalue weighted by Gasteiger charge is -2.36. The van der Waals surface area contributed by atoms with Crippen LogP contribution in [-0.4, -0.2) is 67.8 Å². The number of nitrogens with one attached hydrogen (secondary N) is 1. The molecular weight excluding hydrogens is 425 g/mol. The number of aromatic nitrogens is 1. The zero-order valence-electron chi connectivity index (χ0n) is 16.4. The fourth-order valence-corrected chi connectivity index (χ4v) is 3.49. The van der Waals surface area contributed by atoms with Crippen molar-refractivity contribution >= 4 is 54.6 Å². The third-order valence-corrected chi connectivity index (χ3v) is 5.39. The van der Waals surface area contributed by atoms with Gasteiger partial charge < -0.3 is 25.6 Å². The fraction of sp³-hybridized carbons (Fsp3) is 0.667. The van der Waals surface area contributed by atoms with Gasteiger partial charge in [-0.25, -0.2) is 4.98 Å². The van der Waals surface area contributed by atoms with Gasteiger partial charge in [0.25, 0.3) is 0 Å². The van der Waals surface area contributed by atoms with E-state index in [4.69, 9.17) is 10.5 Å². The molecule has 2 fully saturated rings. The van der Waals surface area contributed by atoms with Crippen LogP contribution in [0.1, 0.15) is 25.7 Å². The van der Waals surface area contributed by atoms with Crippen LogP contribution < -0.4 is 16.0 Å². The van der Waals surface area contributed by atoms with Crippen molar-refractivity contribution in [2.24, 2.45) is 5.73 Å². The Hall–Kier alpha value is -0.830. The molecule has 0 aliphatic carbocycles. The molecule has 7 nitrogen and oxygen atoms in total. The molecule has 3 N–H and O–H groups in total. The van der Waals surface area contributed by atoms with Gasteiger partial charge in [-0.1, -0.05) is 0 Å². The number of ether oxygens (including phenoxy) is 1. The standard InChI is InChI=1S/C18H29N5O2.3ClH/c1-22(2)14-5-9-23(10-6-14)15-3-4-16(20-13-15)21-17(24)18(19)7-11-25-12-8-18;;;/h3-4,13-14H,5-12,19H2,1-2H3,(H,20,21,24);3*1H. The Morgan fingerprint density at radius 1 is 1.21 bits per heavy atom. The van der Waals surface area contributed by atoms with Gasteiger partial charge in [0.1, 0.15) is 11.4 Å². The van der Waals surface area contributed by atoms with Gasteiger partial charge in [0.05, 0.1) is 11.9 Å². The lowest BCUT2D eigenvalue weighted by Crippen LogP contribution is -2.54. The summed E-state index contributed by atoms with van der Waals surface area (Å²) in [6, 6.07) is 4.53. The third kappa shape index (κ3) is 6.61. The summed E-state index contributed by atoms with van der Waals surface area (Å²) in [5.74, 6) is 0.371. The van der Waals surface area contributed by atoms with Crippen molar-refractivity contribution in [3.05, 3.63) is 18.3 Å². The quantitative estimate of drug-likeness (QED) is 0.723. The first-order valence-corrected chi connectivity index (χ1v) is 9.03. The van der Waals surface area contributed by atoms with Gasteiger partial charge >= 0.3 is 0 Å². The average molecular weight is 457 g/mol. The van der Waals surface area contributed by atoms with Crippen molar-refractivity contribution in [3.63, 3.8) is 0 Å². The van der Waals surface area contributed by atoms with Crippen molar-refractivity contribution < 1.29 is 9.53 Å². The smallest absolute Gasteiger partial charge is 0.245 e. The molecule has 1 aromatic heterocycles. The largest absolute Gasteiger partial charge is 0.381 e. The molecule has 0 radical (unpaired) electrons. The highest BCUT2D eigenvalue weighted by Gasteiger charge is 2.36. The van der Waals surface area contributed by atoms with Gasteiger partial charge in [0.2, 0.25) is 5.91 Å². The number of carbonyl (C=O) groups is 1. The van der Waals surface area contributed by atoms with Crippen LogP contribution in [0.25, 0.3) is 0 Å². The number of nitrogens with zero attached hydrogens (tertiary/aromatic N) is 3. The molecule has 2 saturated heterocycles. The molecule has 1 amide bonds. The minimum absolute atomic E-state index is 0. The van der Waals surface area contributed by atoms with E-state index in [9.17, 15) is 4.79 Å². The zero-order chi connectivity index (χ0) is 17.9. The molecule has 162 valence electrons. The Morgan fingerprint density at radius 2 is 1.82 bits per heavy atom. The van der Waals surface area contributed by atoms with Crippen LogP contribution in [0.15, 0.2) is 18.3 Å². The number of hydrogen-bond donors (Lipinski definition) is 2. The molecule has 0 atom stereocenters. The SMILES string of the molecule is CN(C)C1CCN(c2ccc(NC(=O)C3(N)CCOCC3)nc2)CC1.Cl.Cl.Cl. The van der Waals surface area contributed by atoms with Crippen molar-refractivity contribution in [1.29, 1.82) is 0 Å². The fourth-order valence-electron chi connectivity index (χ4n) is 3.49. The van der Waals surface area contributed by atoms with E-state index in [0.717, 1.165) is 31.6 Å². The first kappa shape index (κ1) is 27.2. The third-order valence-electron chi connectivity index (χ3n) is 5.39. The number of pyridine rings is 1. The van der Waals surface area contributed by atoms with Gasteiger partial charge in [-0.05, 0) is 51.9 Å². The van der Waals surface area contributed by atoms with Gasteiger partial charge in [-0.3, -0.25) is 4.79 Å². The molecule has 2 aliphatic rings. The summed E-state index contributed by atoms with van der Waals surface area (Å²) in [5, 5.41) is 2.85. The van der Waals surface area contributed by atoms with Crippen LogP contribution in [0.2, 0.25) is 0 Å². The van der Waals surface area contributed by atoms with Gasteiger partial charge in [-0.15, -0.1) is 37.2 Å². The second-order valence-corrected chi connectivity index (χ2v) is 7.31. The Bertz CT molecular complexity index is 589. The molecule has 0 saturated carbocycles. The van der Waals surface area contributed by atoms with E-state index in [0.29, 0.717) is 37.9 Å². The maximum absolute atomic E-state index is 12.4. The van der Waals surface area contributed by atoms with Crippen LogP contribution in [0.3, 0.4) is 0 Å². The van der Waals surface area contributed by atoms with Gasteiger partial charge in [0.15, 0.2) is 0 Å². The average Bonchev–Trinajstić information content (AvgIpc) is 2.63. The molecular formula is C18H32Cl3N5O2. The van der Waals surface area contributed by atoms with Crippen LogP contribution in [0.4, 0.5) is 11.5 Å². The Labute approximate surface area is 186 Å². The number of halogens is 3. The molecule has 3 heterocycles. The minimum atomic E-state index is -0.855. The highest BCUT2D eigenvalue weighted by molar-refractivity contribution is 5.97. The maximum atomic E-state index is 12.4. The molecule has 0 aromatic carbocycles. The summed E-state index contributed by atoms with van der Waals surface area (Å²) >= 11 is 0. The van der Waals surface area contributed by atoms with Crippen LogP contribution in [0, 0.1) is 0 Å². The summed E-state index contributed by atoms with van der Waals surface area (Å²) in [5.41, 5.74) is 6.45. The molecule has 0 bridgehead atoms. The minimum Gasteiger partial charge on any atom is -0.381 e. The first-order chi connectivity index (χ1) is 12.0. The van der Waals surface area contributed by atoms with Gasteiger partial charge in [-0.2, -0.15) is 0 Å². The van der Waals surface area contributed by atoms with E-state index in [1.807, 2.05) is 18.3 Å². The van der Waals surface area contributed by atoms with Crippen molar-refractivity contribution in [1.82, 2.24) is 9.88 Å². The topological polar surface area (TPSA) is 83.7 Å². The van der Waals surface area contributed by atoms with Crippen LogP contribution in [0.5, 0.6) is 0 Å². The number of piperidine rings is 1. The number of nitrogens with two attached hydrogens (primary N) is 1. The summed E-state index contributed by atoms with van der Waals surface area (Å²) in [7, 11) is 4.28. The van der Waals surface area contributed by atoms with E-state index in [2.05, 4.69) is 34.2 Å². The van der Waals surface area contributed by atoms with Crippen LogP contribution in [-0.2, 0) is 9.53 Å². The first-order valence-electron chi connectivity index (χ1n) is 9.03. The molecule has 1 aromatic rings. The molecule has 0 unspecified atom stereocenters. The normalized spacial score (nSPS) is 19.1. The Kier molecular flexibility index (Phi) is 11.6. The molecule has 10 heteroatoms. The van der Waals surface area contributed by atoms with E-state index >= 15 is 0 Å². The van der Waals surface area contributed by atoms with Crippen LogP contribution >= 0.6 is 37.2 Å². The lowest BCUT2D eigenvalue weighted by atomic mass is 9.90. The second-order valence-electron chi connectivity index (χ2n) is 7.31. The summed E-state index contributed by atoms with van der Waals surface area (Å²) in [4.78, 5) is 21.5. The molecule has 3 rings (SSSR count). The predicted molar refractivity (Wildman–Crippen MR) is 121 cm³/mol. The van der Waals surface area contributed by atoms with Gasteiger partial charge in [0, 0.05) is 32.3 Å². The molecule has 28 heavy (non-hydrogen) atoms. The van der Waals surface area contributed by atoms with Crippen molar-refractivity contribution in [2.45, 2.75) is 37.3 Å². The number of hydrogen-bond acceptors (Lipinski definition) is 6.